The van der Waals surface area contributed by atoms with Crippen molar-refractivity contribution in [3.8, 4) is 0 Å². The summed E-state index contributed by atoms with van der Waals surface area (Å²) in [5, 5.41) is 0. The molecule has 1 spiro atoms. The number of hydrogen-bond acceptors (Lipinski definition) is 4. The molecule has 0 radical (unpaired) electrons. The van der Waals surface area contributed by atoms with Crippen LogP contribution in [0, 0.1) is 28.1 Å². The van der Waals surface area contributed by atoms with Crippen LogP contribution in [0.3, 0.4) is 0 Å². The molecule has 5 atom stereocenters. The SMILES string of the molecule is C=C[C@@]1(C)/C=C(\C=O)[C@@]23CCC(C)[C@@](C)(C(=O)C1)C2C1(CC3)OCCO1. The van der Waals surface area contributed by atoms with Gasteiger partial charge in [-0.25, -0.2) is 0 Å². The first-order valence-electron chi connectivity index (χ1n) is 9.90. The molecule has 0 aromatic rings. The average molecular weight is 358 g/mol. The Kier molecular flexibility index (Phi) is 3.92. The van der Waals surface area contributed by atoms with E-state index in [0.717, 1.165) is 37.5 Å². The molecule has 2 bridgehead atoms. The predicted molar refractivity (Wildman–Crippen MR) is 98.4 cm³/mol. The maximum atomic E-state index is 13.7. The fourth-order valence-electron chi connectivity index (χ4n) is 6.51. The van der Waals surface area contributed by atoms with E-state index in [1.807, 2.05) is 19.1 Å². The Morgan fingerprint density at radius 1 is 1.19 bits per heavy atom. The summed E-state index contributed by atoms with van der Waals surface area (Å²) in [5.41, 5.74) is -0.567. The van der Waals surface area contributed by atoms with Gasteiger partial charge in [0.1, 0.15) is 12.1 Å². The quantitative estimate of drug-likeness (QED) is 0.556. The minimum absolute atomic E-state index is 0.105. The molecule has 26 heavy (non-hydrogen) atoms. The molecule has 1 aliphatic heterocycles. The van der Waals surface area contributed by atoms with Gasteiger partial charge < -0.3 is 9.47 Å². The molecule has 1 saturated heterocycles. The zero-order chi connectivity index (χ0) is 18.8. The summed E-state index contributed by atoms with van der Waals surface area (Å²) in [6.45, 7) is 11.4. The molecule has 4 nitrogen and oxygen atoms in total. The topological polar surface area (TPSA) is 52.6 Å². The number of carbonyl (C=O) groups is 2. The van der Waals surface area contributed by atoms with Crippen LogP contribution in [0.1, 0.15) is 52.9 Å². The third kappa shape index (κ3) is 2.09. The number of carbonyl (C=O) groups excluding carboxylic acids is 2. The van der Waals surface area contributed by atoms with E-state index in [2.05, 4.69) is 20.4 Å². The second-order valence-corrected chi connectivity index (χ2v) is 9.35. The number of rotatable bonds is 2. The fourth-order valence-corrected chi connectivity index (χ4v) is 6.51. The number of aldehydes is 1. The molecule has 0 N–H and O–H groups in total. The van der Waals surface area contributed by atoms with Crippen LogP contribution >= 0.6 is 0 Å². The molecular weight excluding hydrogens is 328 g/mol. The number of ether oxygens (including phenoxy) is 2. The van der Waals surface area contributed by atoms with Gasteiger partial charge in [0.2, 0.25) is 0 Å². The van der Waals surface area contributed by atoms with Crippen molar-refractivity contribution in [2.45, 2.75) is 58.7 Å². The van der Waals surface area contributed by atoms with Crippen LogP contribution in [0.5, 0.6) is 0 Å². The standard InChI is InChI=1S/C22H30O4/c1-5-19(3)12-16(14-23)21-7-6-15(2)20(4,17(24)13-19)18(21)22(9-8-21)25-10-11-26-22/h5,12,14-15,18H,1,6-11,13H2,2-4H3/b16-12+/t15?,18?,19-,20-,21-/m0/s1. The molecule has 0 amide bonds. The summed E-state index contributed by atoms with van der Waals surface area (Å²) in [5.74, 6) is -0.339. The molecule has 2 saturated carbocycles. The maximum Gasteiger partial charge on any atom is 0.173 e. The molecule has 4 aliphatic rings. The van der Waals surface area contributed by atoms with Crippen LogP contribution in [0.15, 0.2) is 24.3 Å². The summed E-state index contributed by atoms with van der Waals surface area (Å²) < 4.78 is 12.4. The lowest BCUT2D eigenvalue weighted by Gasteiger charge is -2.57. The lowest BCUT2D eigenvalue weighted by atomic mass is 9.46. The van der Waals surface area contributed by atoms with Gasteiger partial charge in [0.25, 0.3) is 0 Å². The molecule has 4 heteroatoms. The summed E-state index contributed by atoms with van der Waals surface area (Å²) in [6.07, 6.45) is 8.68. The van der Waals surface area contributed by atoms with Gasteiger partial charge in [0, 0.05) is 35.0 Å². The average Bonchev–Trinajstić information content (AvgIpc) is 3.22. The minimum atomic E-state index is -0.719. The Hall–Kier alpha value is -1.26. The Morgan fingerprint density at radius 3 is 2.50 bits per heavy atom. The van der Waals surface area contributed by atoms with Crippen molar-refractivity contribution in [1.29, 1.82) is 0 Å². The van der Waals surface area contributed by atoms with Crippen molar-refractivity contribution in [3.05, 3.63) is 24.3 Å². The van der Waals surface area contributed by atoms with Gasteiger partial charge in [-0.3, -0.25) is 9.59 Å². The Bertz CT molecular complexity index is 688. The van der Waals surface area contributed by atoms with Gasteiger partial charge >= 0.3 is 0 Å². The van der Waals surface area contributed by atoms with Crippen molar-refractivity contribution >= 4 is 12.1 Å². The highest BCUT2D eigenvalue weighted by Crippen LogP contribution is 2.70. The van der Waals surface area contributed by atoms with E-state index in [1.165, 1.54) is 0 Å². The highest BCUT2D eigenvalue weighted by molar-refractivity contribution is 5.89. The smallest absolute Gasteiger partial charge is 0.173 e. The van der Waals surface area contributed by atoms with Crippen molar-refractivity contribution in [2.24, 2.45) is 28.1 Å². The van der Waals surface area contributed by atoms with Crippen LogP contribution in [-0.2, 0) is 19.1 Å². The van der Waals surface area contributed by atoms with E-state index in [4.69, 9.17) is 9.47 Å². The number of ketones is 1. The fraction of sp³-hybridized carbons (Fsp3) is 0.727. The van der Waals surface area contributed by atoms with Crippen molar-refractivity contribution < 1.29 is 19.1 Å². The van der Waals surface area contributed by atoms with E-state index in [9.17, 15) is 9.59 Å². The summed E-state index contributed by atoms with van der Waals surface area (Å²) in [7, 11) is 0. The van der Waals surface area contributed by atoms with Crippen LogP contribution < -0.4 is 0 Å². The molecular formula is C22H30O4. The zero-order valence-electron chi connectivity index (χ0n) is 16.2. The van der Waals surface area contributed by atoms with Gasteiger partial charge in [0.15, 0.2) is 5.79 Å². The molecule has 4 rings (SSSR count). The number of allylic oxidation sites excluding steroid dienone is 3. The zero-order valence-corrected chi connectivity index (χ0v) is 16.2. The highest BCUT2D eigenvalue weighted by Gasteiger charge is 2.71. The van der Waals surface area contributed by atoms with Crippen molar-refractivity contribution in [3.63, 3.8) is 0 Å². The second-order valence-electron chi connectivity index (χ2n) is 9.35. The summed E-state index contributed by atoms with van der Waals surface area (Å²) >= 11 is 0. The van der Waals surface area contributed by atoms with Crippen LogP contribution in [0.25, 0.3) is 0 Å². The lowest BCUT2D eigenvalue weighted by Crippen LogP contribution is -2.60. The third-order valence-corrected chi connectivity index (χ3v) is 8.13. The van der Waals surface area contributed by atoms with E-state index in [-0.39, 0.29) is 23.0 Å². The maximum absolute atomic E-state index is 13.7. The molecule has 0 aromatic heterocycles. The second kappa shape index (κ2) is 5.62. The van der Waals surface area contributed by atoms with Crippen LogP contribution in [0.4, 0.5) is 0 Å². The molecule has 3 aliphatic carbocycles. The number of Topliss-reactive ketones (excluding diaryl/α,β-unsaturated/α-hetero) is 1. The van der Waals surface area contributed by atoms with Gasteiger partial charge in [0.05, 0.1) is 13.2 Å². The lowest BCUT2D eigenvalue weighted by molar-refractivity contribution is -0.235. The van der Waals surface area contributed by atoms with Crippen LogP contribution in [-0.4, -0.2) is 31.1 Å². The Labute approximate surface area is 156 Å². The first-order valence-corrected chi connectivity index (χ1v) is 9.90. The normalized spacial score (nSPS) is 49.0. The number of hydrogen-bond donors (Lipinski definition) is 0. The van der Waals surface area contributed by atoms with Gasteiger partial charge in [-0.15, -0.1) is 6.58 Å². The van der Waals surface area contributed by atoms with Gasteiger partial charge in [-0.05, 0) is 30.8 Å². The van der Waals surface area contributed by atoms with Crippen molar-refractivity contribution in [1.82, 2.24) is 0 Å². The Balaban J connectivity index is 2.00. The molecule has 0 aromatic carbocycles. The first kappa shape index (κ1) is 18.1. The van der Waals surface area contributed by atoms with E-state index < -0.39 is 16.6 Å². The van der Waals surface area contributed by atoms with E-state index in [1.54, 1.807) is 0 Å². The first-order chi connectivity index (χ1) is 12.3. The largest absolute Gasteiger partial charge is 0.347 e. The summed E-state index contributed by atoms with van der Waals surface area (Å²) in [4.78, 5) is 25.9. The monoisotopic (exact) mass is 358 g/mol. The van der Waals surface area contributed by atoms with E-state index in [0.29, 0.717) is 19.6 Å². The predicted octanol–water partition coefficient (Wildman–Crippen LogP) is 3.85. The molecule has 142 valence electrons. The van der Waals surface area contributed by atoms with Gasteiger partial charge in [-0.1, -0.05) is 32.9 Å². The molecule has 2 unspecified atom stereocenters. The summed E-state index contributed by atoms with van der Waals surface area (Å²) in [6, 6.07) is 0. The molecule has 1 heterocycles. The van der Waals surface area contributed by atoms with Crippen LogP contribution in [0.2, 0.25) is 0 Å². The minimum Gasteiger partial charge on any atom is -0.347 e. The third-order valence-electron chi connectivity index (χ3n) is 8.13. The highest BCUT2D eigenvalue weighted by atomic mass is 16.7. The molecule has 3 fully saturated rings. The Morgan fingerprint density at radius 2 is 1.88 bits per heavy atom. The van der Waals surface area contributed by atoms with E-state index >= 15 is 0 Å². The van der Waals surface area contributed by atoms with Crippen molar-refractivity contribution in [2.75, 3.05) is 13.2 Å². The van der Waals surface area contributed by atoms with Gasteiger partial charge in [-0.2, -0.15) is 0 Å².